The van der Waals surface area contributed by atoms with Crippen molar-refractivity contribution in [2.75, 3.05) is 46.0 Å². The number of ether oxygens (including phenoxy) is 4. The predicted octanol–water partition coefficient (Wildman–Crippen LogP) is 1.22. The van der Waals surface area contributed by atoms with E-state index in [1.165, 1.54) is 26.2 Å². The molecule has 1 aliphatic rings. The SMILES string of the molecule is CCN(C(=O)COC(=O)CCc1cc(OC)c(OC)c(OC)c1)[C@H]1CCS(=O)(=O)C1. The van der Waals surface area contributed by atoms with Gasteiger partial charge in [-0.05, 0) is 37.5 Å². The van der Waals surface area contributed by atoms with Gasteiger partial charge >= 0.3 is 5.97 Å². The molecule has 1 atom stereocenters. The van der Waals surface area contributed by atoms with Crippen LogP contribution in [0, 0.1) is 0 Å². The standard InChI is InChI=1S/C20H29NO8S/c1-5-21(15-8-9-30(24,25)13-15)18(22)12-29-19(23)7-6-14-10-16(26-2)20(28-4)17(11-14)27-3/h10-11,15H,5-9,12-13H2,1-4H3/t15-/m0/s1. The normalized spacial score (nSPS) is 17.3. The number of hydrogen-bond donors (Lipinski definition) is 0. The third-order valence-electron chi connectivity index (χ3n) is 5.01. The summed E-state index contributed by atoms with van der Waals surface area (Å²) in [7, 11) is 1.43. The van der Waals surface area contributed by atoms with Crippen molar-refractivity contribution in [2.24, 2.45) is 0 Å². The first-order valence-electron chi connectivity index (χ1n) is 9.69. The van der Waals surface area contributed by atoms with Crippen molar-refractivity contribution < 1.29 is 37.0 Å². The van der Waals surface area contributed by atoms with Crippen molar-refractivity contribution in [3.8, 4) is 17.2 Å². The van der Waals surface area contributed by atoms with Gasteiger partial charge in [0, 0.05) is 19.0 Å². The first-order chi connectivity index (χ1) is 14.2. The van der Waals surface area contributed by atoms with E-state index in [2.05, 4.69) is 0 Å². The van der Waals surface area contributed by atoms with Gasteiger partial charge in [0.1, 0.15) is 0 Å². The van der Waals surface area contributed by atoms with Crippen molar-refractivity contribution in [1.82, 2.24) is 4.90 Å². The summed E-state index contributed by atoms with van der Waals surface area (Å²) in [5.41, 5.74) is 0.791. The molecule has 10 heteroatoms. The second-order valence-corrected chi connectivity index (χ2v) is 9.16. The van der Waals surface area contributed by atoms with Gasteiger partial charge in [-0.25, -0.2) is 8.42 Å². The molecule has 1 amide bonds. The quantitative estimate of drug-likeness (QED) is 0.497. The number of carbonyl (C=O) groups is 2. The molecule has 1 fully saturated rings. The maximum Gasteiger partial charge on any atom is 0.306 e. The fourth-order valence-electron chi connectivity index (χ4n) is 3.48. The molecule has 0 N–H and O–H groups in total. The molecule has 0 unspecified atom stereocenters. The molecule has 2 rings (SSSR count). The average Bonchev–Trinajstić information content (AvgIpc) is 3.09. The van der Waals surface area contributed by atoms with Gasteiger partial charge in [0.2, 0.25) is 5.75 Å². The number of sulfone groups is 1. The highest BCUT2D eigenvalue weighted by atomic mass is 32.2. The van der Waals surface area contributed by atoms with E-state index in [0.29, 0.717) is 36.6 Å². The Bertz CT molecular complexity index is 843. The predicted molar refractivity (Wildman–Crippen MR) is 110 cm³/mol. The maximum atomic E-state index is 12.4. The Morgan fingerprint density at radius 2 is 1.73 bits per heavy atom. The molecule has 1 aromatic rings. The third kappa shape index (κ3) is 6.01. The van der Waals surface area contributed by atoms with Crippen LogP contribution in [-0.2, 0) is 30.6 Å². The number of carbonyl (C=O) groups excluding carboxylic acids is 2. The minimum Gasteiger partial charge on any atom is -0.493 e. The Kier molecular flexibility index (Phi) is 8.33. The molecule has 9 nitrogen and oxygen atoms in total. The summed E-state index contributed by atoms with van der Waals surface area (Å²) in [5, 5.41) is 0. The highest BCUT2D eigenvalue weighted by Gasteiger charge is 2.34. The lowest BCUT2D eigenvalue weighted by Gasteiger charge is -2.26. The van der Waals surface area contributed by atoms with Crippen LogP contribution in [0.3, 0.4) is 0 Å². The topological polar surface area (TPSA) is 108 Å². The largest absolute Gasteiger partial charge is 0.493 e. The van der Waals surface area contributed by atoms with Crippen molar-refractivity contribution >= 4 is 21.7 Å². The van der Waals surface area contributed by atoms with Crippen molar-refractivity contribution in [3.05, 3.63) is 17.7 Å². The molecule has 1 heterocycles. The molecule has 0 aliphatic carbocycles. The van der Waals surface area contributed by atoms with Crippen LogP contribution in [-0.4, -0.2) is 77.2 Å². The molecule has 0 radical (unpaired) electrons. The zero-order valence-electron chi connectivity index (χ0n) is 17.8. The van der Waals surface area contributed by atoms with Crippen LogP contribution in [0.1, 0.15) is 25.3 Å². The van der Waals surface area contributed by atoms with E-state index in [9.17, 15) is 18.0 Å². The smallest absolute Gasteiger partial charge is 0.306 e. The van der Waals surface area contributed by atoms with E-state index >= 15 is 0 Å². The molecule has 30 heavy (non-hydrogen) atoms. The van der Waals surface area contributed by atoms with Gasteiger partial charge in [-0.2, -0.15) is 0 Å². The Balaban J connectivity index is 1.89. The van der Waals surface area contributed by atoms with E-state index < -0.39 is 22.4 Å². The van der Waals surface area contributed by atoms with E-state index in [4.69, 9.17) is 18.9 Å². The van der Waals surface area contributed by atoms with Gasteiger partial charge in [0.15, 0.2) is 27.9 Å². The number of hydrogen-bond acceptors (Lipinski definition) is 8. The van der Waals surface area contributed by atoms with Crippen LogP contribution in [0.4, 0.5) is 0 Å². The molecule has 1 saturated heterocycles. The Morgan fingerprint density at radius 1 is 1.10 bits per heavy atom. The first-order valence-corrected chi connectivity index (χ1v) is 11.5. The van der Waals surface area contributed by atoms with Gasteiger partial charge in [0.05, 0.1) is 32.8 Å². The molecule has 0 saturated carbocycles. The second-order valence-electron chi connectivity index (χ2n) is 6.93. The first kappa shape index (κ1) is 23.8. The Hall–Kier alpha value is -2.49. The Labute approximate surface area is 177 Å². The average molecular weight is 444 g/mol. The molecule has 1 aliphatic heterocycles. The molecule has 0 spiro atoms. The maximum absolute atomic E-state index is 12.4. The second kappa shape index (κ2) is 10.5. The van der Waals surface area contributed by atoms with Gasteiger partial charge in [-0.3, -0.25) is 9.59 Å². The number of esters is 1. The lowest BCUT2D eigenvalue weighted by Crippen LogP contribution is -2.43. The van der Waals surface area contributed by atoms with Crippen LogP contribution in [0.2, 0.25) is 0 Å². The minimum absolute atomic E-state index is 0.0400. The van der Waals surface area contributed by atoms with Crippen LogP contribution in [0.15, 0.2) is 12.1 Å². The highest BCUT2D eigenvalue weighted by Crippen LogP contribution is 2.38. The Morgan fingerprint density at radius 3 is 2.20 bits per heavy atom. The summed E-state index contributed by atoms with van der Waals surface area (Å²) >= 11 is 0. The van der Waals surface area contributed by atoms with Gasteiger partial charge in [-0.1, -0.05) is 0 Å². The van der Waals surface area contributed by atoms with Gasteiger partial charge < -0.3 is 23.8 Å². The zero-order valence-corrected chi connectivity index (χ0v) is 18.6. The fourth-order valence-corrected chi connectivity index (χ4v) is 5.21. The van der Waals surface area contributed by atoms with Crippen LogP contribution < -0.4 is 14.2 Å². The molecular weight excluding hydrogens is 414 g/mol. The summed E-state index contributed by atoms with van der Waals surface area (Å²) in [5.74, 6) is 0.567. The number of methoxy groups -OCH3 is 3. The molecule has 0 aromatic heterocycles. The molecule has 168 valence electrons. The number of likely N-dealkylation sites (N-methyl/N-ethyl adjacent to an activating group) is 1. The fraction of sp³-hybridized carbons (Fsp3) is 0.600. The molecule has 1 aromatic carbocycles. The van der Waals surface area contributed by atoms with E-state index in [0.717, 1.165) is 5.56 Å². The van der Waals surface area contributed by atoms with E-state index in [1.807, 2.05) is 0 Å². The minimum atomic E-state index is -3.10. The summed E-state index contributed by atoms with van der Waals surface area (Å²) in [4.78, 5) is 26.0. The van der Waals surface area contributed by atoms with Crippen LogP contribution in [0.5, 0.6) is 17.2 Å². The van der Waals surface area contributed by atoms with Crippen molar-refractivity contribution in [3.63, 3.8) is 0 Å². The third-order valence-corrected chi connectivity index (χ3v) is 6.76. The summed E-state index contributed by atoms with van der Waals surface area (Å²) < 4.78 is 44.3. The number of nitrogens with zero attached hydrogens (tertiary/aromatic N) is 1. The number of benzene rings is 1. The summed E-state index contributed by atoms with van der Waals surface area (Å²) in [6, 6.07) is 3.14. The van der Waals surface area contributed by atoms with Crippen LogP contribution >= 0.6 is 0 Å². The summed E-state index contributed by atoms with van der Waals surface area (Å²) in [6.07, 6.45) is 0.842. The van der Waals surface area contributed by atoms with Gasteiger partial charge in [0.25, 0.3) is 5.91 Å². The number of aryl methyl sites for hydroxylation is 1. The highest BCUT2D eigenvalue weighted by molar-refractivity contribution is 7.91. The van der Waals surface area contributed by atoms with Gasteiger partial charge in [-0.15, -0.1) is 0 Å². The molecular formula is C20H29NO8S. The number of amides is 1. The van der Waals surface area contributed by atoms with Crippen molar-refractivity contribution in [1.29, 1.82) is 0 Å². The van der Waals surface area contributed by atoms with Crippen molar-refractivity contribution in [2.45, 2.75) is 32.2 Å². The lowest BCUT2D eigenvalue weighted by atomic mass is 10.1. The summed E-state index contributed by atoms with van der Waals surface area (Å²) in [6.45, 7) is 1.73. The zero-order chi connectivity index (χ0) is 22.3. The molecule has 0 bridgehead atoms. The lowest BCUT2D eigenvalue weighted by molar-refractivity contribution is -0.152. The van der Waals surface area contributed by atoms with E-state index in [-0.39, 0.29) is 29.9 Å². The van der Waals surface area contributed by atoms with E-state index in [1.54, 1.807) is 19.1 Å². The monoisotopic (exact) mass is 443 g/mol. The van der Waals surface area contributed by atoms with Crippen LogP contribution in [0.25, 0.3) is 0 Å². The number of rotatable bonds is 10.